The molecular weight excluding hydrogens is 306 g/mol. The summed E-state index contributed by atoms with van der Waals surface area (Å²) in [4.78, 5) is 4.30. The maximum Gasteiger partial charge on any atom is 0.0534 e. The van der Waals surface area contributed by atoms with E-state index in [1.807, 2.05) is 12.4 Å². The Balaban J connectivity index is 1.68. The van der Waals surface area contributed by atoms with Crippen LogP contribution in [0.15, 0.2) is 60.9 Å². The standard InChI is InChI=1S/C22H19N3/c1-2-4-20-18(3-1)22-19-8-6-16(24-19)12-21(22)25(20)17-7-5-14-9-10-23-13-15(14)11-17/h1-5,7,9-11,13,16,19,24H,6,8,12H2. The summed E-state index contributed by atoms with van der Waals surface area (Å²) in [7, 11) is 0. The molecule has 0 saturated carbocycles. The Morgan fingerprint density at radius 3 is 2.96 bits per heavy atom. The molecule has 1 N–H and O–H groups in total. The number of hydrogen-bond donors (Lipinski definition) is 1. The summed E-state index contributed by atoms with van der Waals surface area (Å²) < 4.78 is 2.49. The summed E-state index contributed by atoms with van der Waals surface area (Å²) in [6.45, 7) is 0. The Morgan fingerprint density at radius 2 is 1.96 bits per heavy atom. The zero-order valence-corrected chi connectivity index (χ0v) is 13.9. The van der Waals surface area contributed by atoms with Crippen LogP contribution in [-0.4, -0.2) is 15.6 Å². The van der Waals surface area contributed by atoms with Gasteiger partial charge in [-0.3, -0.25) is 4.98 Å². The molecule has 2 aromatic heterocycles. The van der Waals surface area contributed by atoms with E-state index < -0.39 is 0 Å². The van der Waals surface area contributed by atoms with E-state index in [-0.39, 0.29) is 0 Å². The van der Waals surface area contributed by atoms with E-state index >= 15 is 0 Å². The fourth-order valence-corrected chi connectivity index (χ4v) is 4.86. The van der Waals surface area contributed by atoms with E-state index in [0.29, 0.717) is 12.1 Å². The molecule has 2 aromatic carbocycles. The van der Waals surface area contributed by atoms with E-state index in [0.717, 1.165) is 6.42 Å². The minimum Gasteiger partial charge on any atom is -0.313 e. The highest BCUT2D eigenvalue weighted by Crippen LogP contribution is 2.43. The molecule has 1 saturated heterocycles. The summed E-state index contributed by atoms with van der Waals surface area (Å²) in [5, 5.41) is 7.65. The average Bonchev–Trinajstić information content (AvgIpc) is 3.20. The summed E-state index contributed by atoms with van der Waals surface area (Å²) in [5.74, 6) is 0. The second kappa shape index (κ2) is 4.93. The van der Waals surface area contributed by atoms with E-state index in [9.17, 15) is 0 Å². The van der Waals surface area contributed by atoms with Gasteiger partial charge in [-0.15, -0.1) is 0 Å². The van der Waals surface area contributed by atoms with Gasteiger partial charge in [-0.05, 0) is 48.1 Å². The third kappa shape index (κ3) is 1.87. The van der Waals surface area contributed by atoms with Crippen molar-refractivity contribution in [3.8, 4) is 5.69 Å². The molecule has 2 atom stereocenters. The Hall–Kier alpha value is -2.65. The zero-order chi connectivity index (χ0) is 16.4. The third-order valence-electron chi connectivity index (χ3n) is 5.93. The highest BCUT2D eigenvalue weighted by atomic mass is 15.1. The molecular formula is C22H19N3. The Bertz CT molecular complexity index is 1120. The Kier molecular flexibility index (Phi) is 2.69. The van der Waals surface area contributed by atoms with Gasteiger partial charge in [-0.2, -0.15) is 0 Å². The quantitative estimate of drug-likeness (QED) is 0.557. The van der Waals surface area contributed by atoms with Crippen LogP contribution in [-0.2, 0) is 6.42 Å². The second-order valence-corrected chi connectivity index (χ2v) is 7.32. The lowest BCUT2D eigenvalue weighted by Crippen LogP contribution is -2.32. The van der Waals surface area contributed by atoms with E-state index in [1.54, 1.807) is 0 Å². The van der Waals surface area contributed by atoms with Crippen molar-refractivity contribution in [2.24, 2.45) is 0 Å². The van der Waals surface area contributed by atoms with E-state index in [4.69, 9.17) is 0 Å². The monoisotopic (exact) mass is 325 g/mol. The van der Waals surface area contributed by atoms with Crippen LogP contribution in [0.3, 0.4) is 0 Å². The minimum absolute atomic E-state index is 0.516. The molecule has 2 aliphatic rings. The average molecular weight is 325 g/mol. The fraction of sp³-hybridized carbons (Fsp3) is 0.227. The van der Waals surface area contributed by atoms with Crippen LogP contribution in [0.25, 0.3) is 27.4 Å². The van der Waals surface area contributed by atoms with E-state index in [1.165, 1.54) is 51.5 Å². The molecule has 4 heterocycles. The Labute approximate surface area is 146 Å². The van der Waals surface area contributed by atoms with Gasteiger partial charge >= 0.3 is 0 Å². The molecule has 6 rings (SSSR count). The van der Waals surface area contributed by atoms with Crippen LogP contribution in [0.5, 0.6) is 0 Å². The predicted octanol–water partition coefficient (Wildman–Crippen LogP) is 4.53. The highest BCUT2D eigenvalue weighted by Gasteiger charge is 2.36. The molecule has 3 nitrogen and oxygen atoms in total. The second-order valence-electron chi connectivity index (χ2n) is 7.32. The summed E-state index contributed by atoms with van der Waals surface area (Å²) in [6, 6.07) is 18.8. The van der Waals surface area contributed by atoms with E-state index in [2.05, 4.69) is 63.4 Å². The van der Waals surface area contributed by atoms with Gasteiger partial charge in [0.1, 0.15) is 0 Å². The van der Waals surface area contributed by atoms with Crippen LogP contribution in [0.4, 0.5) is 0 Å². The SMILES string of the molecule is c1ccc2c(c1)c1c(n2-c2ccc3ccncc3c2)CC2CCC1N2. The van der Waals surface area contributed by atoms with Crippen LogP contribution in [0.2, 0.25) is 0 Å². The van der Waals surface area contributed by atoms with Crippen molar-refractivity contribution >= 4 is 21.7 Å². The van der Waals surface area contributed by atoms with Gasteiger partial charge in [0.15, 0.2) is 0 Å². The molecule has 0 spiro atoms. The van der Waals surface area contributed by atoms with Gasteiger partial charge in [0.2, 0.25) is 0 Å². The lowest BCUT2D eigenvalue weighted by atomic mass is 9.99. The van der Waals surface area contributed by atoms with Gasteiger partial charge in [0, 0.05) is 53.1 Å². The molecule has 4 aromatic rings. The van der Waals surface area contributed by atoms with Crippen molar-refractivity contribution in [2.75, 3.05) is 0 Å². The Morgan fingerprint density at radius 1 is 1.00 bits per heavy atom. The minimum atomic E-state index is 0.516. The van der Waals surface area contributed by atoms with Crippen LogP contribution in [0, 0.1) is 0 Å². The number of para-hydroxylation sites is 1. The molecule has 25 heavy (non-hydrogen) atoms. The summed E-state index contributed by atoms with van der Waals surface area (Å²) in [5.41, 5.74) is 5.59. The first-order chi connectivity index (χ1) is 12.4. The first-order valence-electron chi connectivity index (χ1n) is 9.11. The highest BCUT2D eigenvalue weighted by molar-refractivity contribution is 5.90. The smallest absolute Gasteiger partial charge is 0.0534 e. The largest absolute Gasteiger partial charge is 0.313 e. The van der Waals surface area contributed by atoms with Gasteiger partial charge in [0.25, 0.3) is 0 Å². The predicted molar refractivity (Wildman–Crippen MR) is 101 cm³/mol. The van der Waals surface area contributed by atoms with Gasteiger partial charge in [-0.25, -0.2) is 0 Å². The van der Waals surface area contributed by atoms with Crippen molar-refractivity contribution in [1.29, 1.82) is 0 Å². The lowest BCUT2D eigenvalue weighted by Gasteiger charge is -2.24. The summed E-state index contributed by atoms with van der Waals surface area (Å²) in [6.07, 6.45) is 7.48. The number of pyridine rings is 1. The van der Waals surface area contributed by atoms with Crippen molar-refractivity contribution in [2.45, 2.75) is 31.3 Å². The van der Waals surface area contributed by atoms with Crippen molar-refractivity contribution in [3.63, 3.8) is 0 Å². The maximum atomic E-state index is 4.30. The number of benzene rings is 2. The lowest BCUT2D eigenvalue weighted by molar-refractivity contribution is 0.508. The van der Waals surface area contributed by atoms with Crippen molar-refractivity contribution in [3.05, 3.63) is 72.2 Å². The van der Waals surface area contributed by atoms with Crippen molar-refractivity contribution in [1.82, 2.24) is 14.9 Å². The molecule has 2 aliphatic heterocycles. The molecule has 2 bridgehead atoms. The molecule has 1 fully saturated rings. The van der Waals surface area contributed by atoms with Gasteiger partial charge < -0.3 is 9.88 Å². The first kappa shape index (κ1) is 13.6. The van der Waals surface area contributed by atoms with Crippen LogP contribution >= 0.6 is 0 Å². The first-order valence-corrected chi connectivity index (χ1v) is 9.11. The molecule has 0 radical (unpaired) electrons. The number of rotatable bonds is 1. The summed E-state index contributed by atoms with van der Waals surface area (Å²) >= 11 is 0. The van der Waals surface area contributed by atoms with Gasteiger partial charge in [-0.1, -0.05) is 24.3 Å². The number of nitrogens with one attached hydrogen (secondary N) is 1. The maximum absolute atomic E-state index is 4.30. The van der Waals surface area contributed by atoms with Crippen LogP contribution < -0.4 is 5.32 Å². The van der Waals surface area contributed by atoms with Crippen molar-refractivity contribution < 1.29 is 0 Å². The number of aromatic nitrogens is 2. The third-order valence-corrected chi connectivity index (χ3v) is 5.93. The zero-order valence-electron chi connectivity index (χ0n) is 13.9. The molecule has 3 heteroatoms. The number of fused-ring (bicyclic) bond motifs is 7. The van der Waals surface area contributed by atoms with Crippen LogP contribution in [0.1, 0.15) is 30.1 Å². The van der Waals surface area contributed by atoms with Gasteiger partial charge in [0.05, 0.1) is 5.52 Å². The normalized spacial score (nSPS) is 21.8. The molecule has 0 amide bonds. The number of nitrogens with zero attached hydrogens (tertiary/aromatic N) is 2. The fourth-order valence-electron chi connectivity index (χ4n) is 4.86. The molecule has 0 aliphatic carbocycles. The number of hydrogen-bond acceptors (Lipinski definition) is 2. The molecule has 122 valence electrons. The molecule has 2 unspecified atom stereocenters. The topological polar surface area (TPSA) is 29.9 Å².